The number of aryl methyl sites for hydroxylation is 2. The van der Waals surface area contributed by atoms with E-state index in [-0.39, 0.29) is 12.2 Å². The molecule has 1 nitrogen and oxygen atoms in total. The highest BCUT2D eigenvalue weighted by atomic mass is 35.5. The van der Waals surface area contributed by atoms with E-state index in [1.54, 1.807) is 0 Å². The molecule has 4 aromatic carbocycles. The highest BCUT2D eigenvalue weighted by Gasteiger charge is 2.20. The first-order chi connectivity index (χ1) is 16.2. The van der Waals surface area contributed by atoms with Crippen LogP contribution in [-0.4, -0.2) is 0 Å². The Labute approximate surface area is 207 Å². The highest BCUT2D eigenvalue weighted by molar-refractivity contribution is 6.30. The van der Waals surface area contributed by atoms with Crippen molar-refractivity contribution in [1.82, 2.24) is 0 Å². The number of hydrogen-bond donors (Lipinski definition) is 0. The Balaban J connectivity index is 1.53. The summed E-state index contributed by atoms with van der Waals surface area (Å²) in [7, 11) is 0. The fourth-order valence-corrected chi connectivity index (χ4v) is 4.31. The van der Waals surface area contributed by atoms with Crippen molar-refractivity contribution in [3.8, 4) is 0 Å². The predicted molar refractivity (Wildman–Crippen MR) is 139 cm³/mol. The fraction of sp³-hybridized carbons (Fsp3) is 0.200. The van der Waals surface area contributed by atoms with Gasteiger partial charge < -0.3 is 4.74 Å². The van der Waals surface area contributed by atoms with Gasteiger partial charge in [0, 0.05) is 10.0 Å². The second-order valence-corrected chi connectivity index (χ2v) is 9.14. The third-order valence-electron chi connectivity index (χ3n) is 5.89. The van der Waals surface area contributed by atoms with Gasteiger partial charge >= 0.3 is 0 Å². The molecular weight excluding hydrogens is 447 g/mol. The van der Waals surface area contributed by atoms with Crippen molar-refractivity contribution in [2.75, 3.05) is 0 Å². The van der Waals surface area contributed by atoms with E-state index in [1.165, 1.54) is 22.3 Å². The maximum absolute atomic E-state index is 6.86. The normalized spacial score (nSPS) is 12.9. The third-order valence-corrected chi connectivity index (χ3v) is 6.39. The summed E-state index contributed by atoms with van der Waals surface area (Å²) >= 11 is 12.1. The van der Waals surface area contributed by atoms with Crippen LogP contribution >= 0.6 is 23.2 Å². The second-order valence-electron chi connectivity index (χ2n) is 8.27. The van der Waals surface area contributed by atoms with Crippen LogP contribution < -0.4 is 0 Å². The van der Waals surface area contributed by atoms with Gasteiger partial charge in [0.05, 0.1) is 12.2 Å². The number of halogens is 2. The molecule has 33 heavy (non-hydrogen) atoms. The summed E-state index contributed by atoms with van der Waals surface area (Å²) in [5.41, 5.74) is 4.94. The summed E-state index contributed by atoms with van der Waals surface area (Å²) in [5, 5.41) is 1.53. The Hall–Kier alpha value is -2.58. The maximum Gasteiger partial charge on any atom is 0.0836 e. The Morgan fingerprint density at radius 2 is 0.848 bits per heavy atom. The molecule has 0 aliphatic carbocycles. The SMILES string of the molecule is Clc1ccc(CCC(OC(CCc2ccc(Cl)cc2)c2ccccc2)c2ccccc2)cc1. The molecule has 0 saturated heterocycles. The molecule has 0 radical (unpaired) electrons. The molecule has 0 saturated carbocycles. The van der Waals surface area contributed by atoms with E-state index in [9.17, 15) is 0 Å². The smallest absolute Gasteiger partial charge is 0.0836 e. The van der Waals surface area contributed by atoms with Crippen molar-refractivity contribution in [2.45, 2.75) is 37.9 Å². The lowest BCUT2D eigenvalue weighted by atomic mass is 9.98. The van der Waals surface area contributed by atoms with Gasteiger partial charge in [0.15, 0.2) is 0 Å². The lowest BCUT2D eigenvalue weighted by molar-refractivity contribution is -0.0237. The van der Waals surface area contributed by atoms with Crippen molar-refractivity contribution < 1.29 is 4.74 Å². The molecule has 0 aliphatic rings. The van der Waals surface area contributed by atoms with Gasteiger partial charge in [0.25, 0.3) is 0 Å². The predicted octanol–water partition coefficient (Wildman–Crippen LogP) is 9.06. The number of hydrogen-bond acceptors (Lipinski definition) is 1. The minimum Gasteiger partial charge on any atom is -0.366 e. The van der Waals surface area contributed by atoms with E-state index in [0.29, 0.717) is 0 Å². The third kappa shape index (κ3) is 7.20. The van der Waals surface area contributed by atoms with Crippen LogP contribution in [0.1, 0.15) is 47.3 Å². The van der Waals surface area contributed by atoms with Crippen LogP contribution in [-0.2, 0) is 17.6 Å². The quantitative estimate of drug-likeness (QED) is 0.222. The molecular formula is C30H28Cl2O. The second kappa shape index (κ2) is 12.0. The van der Waals surface area contributed by atoms with Gasteiger partial charge in [-0.05, 0) is 72.2 Å². The van der Waals surface area contributed by atoms with E-state index in [2.05, 4.69) is 84.9 Å². The van der Waals surface area contributed by atoms with Crippen molar-refractivity contribution >= 4 is 23.2 Å². The summed E-state index contributed by atoms with van der Waals surface area (Å²) in [6, 6.07) is 37.3. The molecule has 3 heteroatoms. The Bertz CT molecular complexity index is 1000. The van der Waals surface area contributed by atoms with Crippen molar-refractivity contribution in [3.05, 3.63) is 141 Å². The molecule has 0 aliphatic heterocycles. The zero-order valence-corrected chi connectivity index (χ0v) is 20.1. The summed E-state index contributed by atoms with van der Waals surface area (Å²) in [6.07, 6.45) is 3.64. The van der Waals surface area contributed by atoms with E-state index < -0.39 is 0 Å². The van der Waals surface area contributed by atoms with Crippen LogP contribution in [0.2, 0.25) is 10.0 Å². The first kappa shape index (κ1) is 23.6. The van der Waals surface area contributed by atoms with Gasteiger partial charge in [-0.15, -0.1) is 0 Å². The molecule has 0 bridgehead atoms. The minimum atomic E-state index is -0.00250. The van der Waals surface area contributed by atoms with Gasteiger partial charge in [-0.2, -0.15) is 0 Å². The van der Waals surface area contributed by atoms with Crippen LogP contribution in [0.5, 0.6) is 0 Å². The van der Waals surface area contributed by atoms with Gasteiger partial charge in [-0.25, -0.2) is 0 Å². The lowest BCUT2D eigenvalue weighted by Crippen LogP contribution is -2.13. The number of ether oxygens (including phenoxy) is 1. The molecule has 0 amide bonds. The Morgan fingerprint density at radius 3 is 1.21 bits per heavy atom. The average Bonchev–Trinajstić information content (AvgIpc) is 2.87. The summed E-state index contributed by atoms with van der Waals surface area (Å²) in [5.74, 6) is 0. The monoisotopic (exact) mass is 474 g/mol. The zero-order chi connectivity index (χ0) is 22.9. The molecule has 0 aromatic heterocycles. The van der Waals surface area contributed by atoms with E-state index >= 15 is 0 Å². The van der Waals surface area contributed by atoms with Gasteiger partial charge in [0.1, 0.15) is 0 Å². The summed E-state index contributed by atoms with van der Waals surface area (Å²) in [4.78, 5) is 0. The van der Waals surface area contributed by atoms with E-state index in [4.69, 9.17) is 27.9 Å². The minimum absolute atomic E-state index is 0.00250. The molecule has 0 N–H and O–H groups in total. The maximum atomic E-state index is 6.86. The van der Waals surface area contributed by atoms with Gasteiger partial charge in [0.2, 0.25) is 0 Å². The summed E-state index contributed by atoms with van der Waals surface area (Å²) in [6.45, 7) is 0. The van der Waals surface area contributed by atoms with Crippen LogP contribution in [0.3, 0.4) is 0 Å². The van der Waals surface area contributed by atoms with Crippen LogP contribution in [0, 0.1) is 0 Å². The number of benzene rings is 4. The van der Waals surface area contributed by atoms with Gasteiger partial charge in [-0.1, -0.05) is 108 Å². The summed E-state index contributed by atoms with van der Waals surface area (Å²) < 4.78 is 6.86. The first-order valence-electron chi connectivity index (χ1n) is 11.4. The highest BCUT2D eigenvalue weighted by Crippen LogP contribution is 2.33. The average molecular weight is 475 g/mol. The molecule has 2 unspecified atom stereocenters. The molecule has 168 valence electrons. The van der Waals surface area contributed by atoms with Crippen LogP contribution in [0.4, 0.5) is 0 Å². The molecule has 0 spiro atoms. The molecule has 2 atom stereocenters. The zero-order valence-electron chi connectivity index (χ0n) is 18.5. The topological polar surface area (TPSA) is 9.23 Å². The van der Waals surface area contributed by atoms with Crippen molar-refractivity contribution in [3.63, 3.8) is 0 Å². The van der Waals surface area contributed by atoms with E-state index in [0.717, 1.165) is 35.7 Å². The first-order valence-corrected chi connectivity index (χ1v) is 12.2. The van der Waals surface area contributed by atoms with Crippen molar-refractivity contribution in [1.29, 1.82) is 0 Å². The molecule has 4 rings (SSSR count). The molecule has 0 heterocycles. The standard InChI is InChI=1S/C30H28Cl2O/c31-27-17-11-23(12-18-27)15-21-29(25-7-3-1-4-8-25)33-30(26-9-5-2-6-10-26)22-16-24-13-19-28(32)20-14-24/h1-14,17-20,29-30H,15-16,21-22H2. The van der Waals surface area contributed by atoms with Crippen LogP contribution in [0.15, 0.2) is 109 Å². The fourth-order valence-electron chi connectivity index (χ4n) is 4.06. The number of rotatable bonds is 10. The van der Waals surface area contributed by atoms with Gasteiger partial charge in [-0.3, -0.25) is 0 Å². The lowest BCUT2D eigenvalue weighted by Gasteiger charge is -2.26. The van der Waals surface area contributed by atoms with Crippen LogP contribution in [0.25, 0.3) is 0 Å². The Morgan fingerprint density at radius 1 is 0.485 bits per heavy atom. The Kier molecular flexibility index (Phi) is 8.60. The molecule has 4 aromatic rings. The van der Waals surface area contributed by atoms with Crippen molar-refractivity contribution in [2.24, 2.45) is 0 Å². The molecule has 0 fully saturated rings. The van der Waals surface area contributed by atoms with E-state index in [1.807, 2.05) is 24.3 Å². The largest absolute Gasteiger partial charge is 0.366 e.